The average molecular weight is 479 g/mol. The van der Waals surface area contributed by atoms with E-state index in [0.29, 0.717) is 19.5 Å². The SMILES string of the molecule is CN(CC#CCN1CCCC1)C(=O)CCCCN.O=C(O)C(F)(F)F.O=C(O)C(F)(F)F. The van der Waals surface area contributed by atoms with Gasteiger partial charge in [-0.05, 0) is 45.3 Å². The summed E-state index contributed by atoms with van der Waals surface area (Å²) in [6, 6.07) is 0. The minimum absolute atomic E-state index is 0.166. The van der Waals surface area contributed by atoms with Gasteiger partial charge in [-0.15, -0.1) is 0 Å². The molecule has 1 heterocycles. The van der Waals surface area contributed by atoms with Crippen LogP contribution in [0, 0.1) is 11.8 Å². The van der Waals surface area contributed by atoms with Crippen LogP contribution in [0.4, 0.5) is 26.3 Å². The number of carbonyl (C=O) groups excluding carboxylic acids is 1. The van der Waals surface area contributed by atoms with Crippen LogP contribution in [0.2, 0.25) is 0 Å². The number of halogens is 6. The van der Waals surface area contributed by atoms with Gasteiger partial charge in [-0.1, -0.05) is 11.8 Å². The molecule has 0 spiro atoms. The molecule has 1 amide bonds. The lowest BCUT2D eigenvalue weighted by Gasteiger charge is -2.13. The lowest BCUT2D eigenvalue weighted by molar-refractivity contribution is -0.193. The monoisotopic (exact) mass is 479 g/mol. The number of hydrogen-bond acceptors (Lipinski definition) is 5. The van der Waals surface area contributed by atoms with Crippen molar-refractivity contribution >= 4 is 17.8 Å². The molecule has 186 valence electrons. The number of aliphatic carboxylic acids is 2. The zero-order chi connectivity index (χ0) is 25.4. The molecule has 0 unspecified atom stereocenters. The Labute approximate surface area is 181 Å². The fourth-order valence-electron chi connectivity index (χ4n) is 1.98. The third kappa shape index (κ3) is 18.3. The number of hydrogen-bond donors (Lipinski definition) is 3. The number of amides is 1. The first kappa shape index (κ1) is 31.7. The van der Waals surface area contributed by atoms with Crippen molar-refractivity contribution in [1.82, 2.24) is 9.80 Å². The van der Waals surface area contributed by atoms with Crippen LogP contribution in [-0.2, 0) is 14.4 Å². The summed E-state index contributed by atoms with van der Waals surface area (Å²) in [6.07, 6.45) is -5.20. The van der Waals surface area contributed by atoms with Gasteiger partial charge in [0.1, 0.15) is 0 Å². The van der Waals surface area contributed by atoms with Crippen LogP contribution in [0.5, 0.6) is 0 Å². The topological polar surface area (TPSA) is 124 Å². The van der Waals surface area contributed by atoms with Crippen molar-refractivity contribution in [2.45, 2.75) is 44.5 Å². The Balaban J connectivity index is 0. The zero-order valence-electron chi connectivity index (χ0n) is 17.4. The molecule has 0 aromatic carbocycles. The van der Waals surface area contributed by atoms with E-state index in [1.807, 2.05) is 7.05 Å². The second-order valence-electron chi connectivity index (χ2n) is 6.44. The maximum atomic E-state index is 11.7. The molecule has 0 aromatic heterocycles. The Morgan fingerprint density at radius 2 is 1.38 bits per heavy atom. The van der Waals surface area contributed by atoms with E-state index in [1.165, 1.54) is 25.9 Å². The highest BCUT2D eigenvalue weighted by molar-refractivity contribution is 5.76. The normalized spacial score (nSPS) is 13.5. The van der Waals surface area contributed by atoms with Crippen LogP contribution in [0.15, 0.2) is 0 Å². The van der Waals surface area contributed by atoms with Gasteiger partial charge in [0.15, 0.2) is 0 Å². The highest BCUT2D eigenvalue weighted by atomic mass is 19.4. The molecule has 1 saturated heterocycles. The third-order valence-corrected chi connectivity index (χ3v) is 3.70. The van der Waals surface area contributed by atoms with Gasteiger partial charge in [0.05, 0.1) is 13.1 Å². The van der Waals surface area contributed by atoms with E-state index in [4.69, 9.17) is 25.5 Å². The predicted molar refractivity (Wildman–Crippen MR) is 101 cm³/mol. The summed E-state index contributed by atoms with van der Waals surface area (Å²) in [4.78, 5) is 33.5. The van der Waals surface area contributed by atoms with Gasteiger partial charge < -0.3 is 20.8 Å². The van der Waals surface area contributed by atoms with Gasteiger partial charge in [-0.3, -0.25) is 9.69 Å². The van der Waals surface area contributed by atoms with Crippen molar-refractivity contribution in [3.63, 3.8) is 0 Å². The number of unbranched alkanes of at least 4 members (excludes halogenated alkanes) is 1. The average Bonchev–Trinajstić information content (AvgIpc) is 3.18. The van der Waals surface area contributed by atoms with Crippen molar-refractivity contribution in [2.24, 2.45) is 5.73 Å². The van der Waals surface area contributed by atoms with Gasteiger partial charge in [0, 0.05) is 13.5 Å². The lowest BCUT2D eigenvalue weighted by atomic mass is 10.2. The third-order valence-electron chi connectivity index (χ3n) is 3.70. The fourth-order valence-corrected chi connectivity index (χ4v) is 1.98. The minimum Gasteiger partial charge on any atom is -0.475 e. The molecule has 32 heavy (non-hydrogen) atoms. The highest BCUT2D eigenvalue weighted by Crippen LogP contribution is 2.13. The summed E-state index contributed by atoms with van der Waals surface area (Å²) in [5.74, 6) is 0.866. The maximum absolute atomic E-state index is 11.7. The summed E-state index contributed by atoms with van der Waals surface area (Å²) in [5, 5.41) is 14.2. The molecule has 8 nitrogen and oxygen atoms in total. The molecular formula is C18H27F6N3O5. The smallest absolute Gasteiger partial charge is 0.475 e. The molecule has 1 aliphatic heterocycles. The summed E-state index contributed by atoms with van der Waals surface area (Å²) < 4.78 is 63.5. The van der Waals surface area contributed by atoms with Crippen molar-refractivity contribution in [2.75, 3.05) is 39.8 Å². The fraction of sp³-hybridized carbons (Fsp3) is 0.722. The van der Waals surface area contributed by atoms with Crippen LogP contribution in [-0.4, -0.2) is 90.0 Å². The molecule has 0 radical (unpaired) electrons. The van der Waals surface area contributed by atoms with Gasteiger partial charge in [0.2, 0.25) is 5.91 Å². The van der Waals surface area contributed by atoms with Crippen LogP contribution in [0.25, 0.3) is 0 Å². The Morgan fingerprint density at radius 1 is 0.938 bits per heavy atom. The van der Waals surface area contributed by atoms with Crippen LogP contribution in [0.3, 0.4) is 0 Å². The number of nitrogens with zero attached hydrogens (tertiary/aromatic N) is 2. The quantitative estimate of drug-likeness (QED) is 0.302. The molecule has 0 bridgehead atoms. The first-order chi connectivity index (χ1) is 14.6. The van der Waals surface area contributed by atoms with Gasteiger partial charge in [0.25, 0.3) is 0 Å². The molecule has 1 fully saturated rings. The Bertz CT molecular complexity index is 614. The summed E-state index contributed by atoms with van der Waals surface area (Å²) in [5.41, 5.74) is 5.40. The summed E-state index contributed by atoms with van der Waals surface area (Å²) in [6.45, 7) is 4.38. The second kappa shape index (κ2) is 16.2. The number of likely N-dealkylation sites (tertiary alicyclic amines) is 1. The van der Waals surface area contributed by atoms with E-state index in [0.717, 1.165) is 19.4 Å². The number of rotatable bonds is 6. The van der Waals surface area contributed by atoms with Crippen LogP contribution in [0.1, 0.15) is 32.1 Å². The Hall–Kier alpha value is -2.53. The first-order valence-corrected chi connectivity index (χ1v) is 9.35. The van der Waals surface area contributed by atoms with E-state index in [2.05, 4.69) is 16.7 Å². The van der Waals surface area contributed by atoms with E-state index in [9.17, 15) is 31.1 Å². The van der Waals surface area contributed by atoms with Gasteiger partial charge >= 0.3 is 24.3 Å². The van der Waals surface area contributed by atoms with E-state index >= 15 is 0 Å². The van der Waals surface area contributed by atoms with Crippen molar-refractivity contribution in [1.29, 1.82) is 0 Å². The van der Waals surface area contributed by atoms with Gasteiger partial charge in [-0.2, -0.15) is 26.3 Å². The molecule has 0 aliphatic carbocycles. The van der Waals surface area contributed by atoms with Crippen LogP contribution >= 0.6 is 0 Å². The number of alkyl halides is 6. The first-order valence-electron chi connectivity index (χ1n) is 9.35. The highest BCUT2D eigenvalue weighted by Gasteiger charge is 2.38. The molecule has 0 aromatic rings. The van der Waals surface area contributed by atoms with E-state index in [1.54, 1.807) is 4.90 Å². The largest absolute Gasteiger partial charge is 0.490 e. The Morgan fingerprint density at radius 3 is 1.75 bits per heavy atom. The number of carboxylic acid groups (broad SMARTS) is 2. The standard InChI is InChI=1S/C14H25N3O.2C2HF3O2/c1-16(14(18)8-2-3-9-15)10-4-5-11-17-12-6-7-13-17;2*3-2(4,5)1(6)7/h2-3,6-13,15H2,1H3;2*(H,6,7). The Kier molecular flexibility index (Phi) is 16.0. The van der Waals surface area contributed by atoms with Gasteiger partial charge in [-0.25, -0.2) is 9.59 Å². The number of nitrogens with two attached hydrogens (primary N) is 1. The lowest BCUT2D eigenvalue weighted by Crippen LogP contribution is -2.27. The molecule has 1 rings (SSSR count). The summed E-state index contributed by atoms with van der Waals surface area (Å²) >= 11 is 0. The molecule has 4 N–H and O–H groups in total. The molecular weight excluding hydrogens is 452 g/mol. The molecule has 14 heteroatoms. The van der Waals surface area contributed by atoms with E-state index in [-0.39, 0.29) is 5.91 Å². The molecule has 0 saturated carbocycles. The predicted octanol–water partition coefficient (Wildman–Crippen LogP) is 1.94. The second-order valence-corrected chi connectivity index (χ2v) is 6.44. The summed E-state index contributed by atoms with van der Waals surface area (Å²) in [7, 11) is 1.81. The number of carboxylic acids is 2. The van der Waals surface area contributed by atoms with Crippen molar-refractivity contribution in [3.05, 3.63) is 0 Å². The number of carbonyl (C=O) groups is 3. The van der Waals surface area contributed by atoms with Crippen molar-refractivity contribution in [3.8, 4) is 11.8 Å². The van der Waals surface area contributed by atoms with Crippen molar-refractivity contribution < 1.29 is 50.9 Å². The van der Waals surface area contributed by atoms with Crippen LogP contribution < -0.4 is 5.73 Å². The van der Waals surface area contributed by atoms with E-state index < -0.39 is 24.3 Å². The maximum Gasteiger partial charge on any atom is 0.490 e. The zero-order valence-corrected chi connectivity index (χ0v) is 17.4. The minimum atomic E-state index is -5.08. The molecule has 1 aliphatic rings. The molecule has 0 atom stereocenters.